The summed E-state index contributed by atoms with van der Waals surface area (Å²) in [4.78, 5) is 13.3. The van der Waals surface area contributed by atoms with E-state index in [1.807, 2.05) is 13.8 Å². The number of fused-ring (bicyclic) bond motifs is 1. The van der Waals surface area contributed by atoms with Gasteiger partial charge in [-0.1, -0.05) is 13.8 Å². The highest BCUT2D eigenvalue weighted by Crippen LogP contribution is 2.35. The van der Waals surface area contributed by atoms with Gasteiger partial charge < -0.3 is 10.2 Å². The molecule has 17 heavy (non-hydrogen) atoms. The third-order valence-corrected chi connectivity index (χ3v) is 2.96. The number of benzene rings is 1. The Labute approximate surface area is 98.4 Å². The van der Waals surface area contributed by atoms with Crippen LogP contribution in [0.5, 0.6) is 0 Å². The molecule has 1 aliphatic rings. The standard InChI is InChI=1S/C12H14F2N2O/c1-6(2)10-12(17)16(3)9-5-7(13)4-8(14)11(9)15-10/h4-6,10,15H,1-3H3. The number of anilines is 2. The Morgan fingerprint density at radius 2 is 2.00 bits per heavy atom. The van der Waals surface area contributed by atoms with Crippen molar-refractivity contribution < 1.29 is 13.6 Å². The third kappa shape index (κ3) is 1.85. The monoisotopic (exact) mass is 240 g/mol. The van der Waals surface area contributed by atoms with Gasteiger partial charge in [-0.05, 0) is 12.0 Å². The zero-order chi connectivity index (χ0) is 12.7. The van der Waals surface area contributed by atoms with E-state index < -0.39 is 17.7 Å². The van der Waals surface area contributed by atoms with Gasteiger partial charge in [0.05, 0.1) is 11.4 Å². The van der Waals surface area contributed by atoms with E-state index in [9.17, 15) is 13.6 Å². The van der Waals surface area contributed by atoms with Crippen LogP contribution < -0.4 is 10.2 Å². The van der Waals surface area contributed by atoms with E-state index in [-0.39, 0.29) is 23.2 Å². The fourth-order valence-corrected chi connectivity index (χ4v) is 1.96. The average Bonchev–Trinajstić information content (AvgIpc) is 2.23. The molecule has 0 aliphatic carbocycles. The van der Waals surface area contributed by atoms with Crippen molar-refractivity contribution in [2.45, 2.75) is 19.9 Å². The van der Waals surface area contributed by atoms with Crippen molar-refractivity contribution in [3.63, 3.8) is 0 Å². The molecule has 0 fully saturated rings. The molecular formula is C12H14F2N2O. The van der Waals surface area contributed by atoms with Crippen LogP contribution in [0.1, 0.15) is 13.8 Å². The molecule has 1 amide bonds. The molecular weight excluding hydrogens is 226 g/mol. The normalized spacial score (nSPS) is 19.3. The van der Waals surface area contributed by atoms with E-state index in [4.69, 9.17) is 0 Å². The van der Waals surface area contributed by atoms with Gasteiger partial charge >= 0.3 is 0 Å². The van der Waals surface area contributed by atoms with Crippen molar-refractivity contribution in [1.29, 1.82) is 0 Å². The Kier molecular flexibility index (Phi) is 2.77. The van der Waals surface area contributed by atoms with Crippen molar-refractivity contribution in [3.05, 3.63) is 23.8 Å². The fraction of sp³-hybridized carbons (Fsp3) is 0.417. The van der Waals surface area contributed by atoms with Gasteiger partial charge in [-0.2, -0.15) is 0 Å². The second-order valence-electron chi connectivity index (χ2n) is 4.55. The van der Waals surface area contributed by atoms with Crippen molar-refractivity contribution in [1.82, 2.24) is 0 Å². The lowest BCUT2D eigenvalue weighted by molar-refractivity contribution is -0.120. The summed E-state index contributed by atoms with van der Waals surface area (Å²) in [5.74, 6) is -1.52. The van der Waals surface area contributed by atoms with Gasteiger partial charge in [0.15, 0.2) is 5.82 Å². The topological polar surface area (TPSA) is 32.3 Å². The van der Waals surface area contributed by atoms with Crippen LogP contribution in [0.4, 0.5) is 20.2 Å². The molecule has 92 valence electrons. The van der Waals surface area contributed by atoms with Crippen molar-refractivity contribution in [2.24, 2.45) is 5.92 Å². The van der Waals surface area contributed by atoms with E-state index >= 15 is 0 Å². The molecule has 0 saturated heterocycles. The summed E-state index contributed by atoms with van der Waals surface area (Å²) in [5.41, 5.74) is 0.427. The molecule has 1 N–H and O–H groups in total. The number of nitrogens with zero attached hydrogens (tertiary/aromatic N) is 1. The summed E-state index contributed by atoms with van der Waals surface area (Å²) in [7, 11) is 1.52. The second-order valence-corrected chi connectivity index (χ2v) is 4.55. The number of rotatable bonds is 1. The minimum Gasteiger partial charge on any atom is -0.369 e. The van der Waals surface area contributed by atoms with Crippen LogP contribution in [-0.2, 0) is 4.79 Å². The lowest BCUT2D eigenvalue weighted by Crippen LogP contribution is -2.48. The molecule has 1 aromatic rings. The molecule has 0 bridgehead atoms. The lowest BCUT2D eigenvalue weighted by Gasteiger charge is -2.35. The highest BCUT2D eigenvalue weighted by atomic mass is 19.1. The van der Waals surface area contributed by atoms with Crippen LogP contribution in [-0.4, -0.2) is 19.0 Å². The van der Waals surface area contributed by atoms with E-state index in [0.717, 1.165) is 12.1 Å². The Bertz CT molecular complexity index is 474. The number of hydrogen-bond acceptors (Lipinski definition) is 2. The number of halogens is 2. The highest BCUT2D eigenvalue weighted by Gasteiger charge is 2.34. The number of likely N-dealkylation sites (N-methyl/N-ethyl adjacent to an activating group) is 1. The van der Waals surface area contributed by atoms with Crippen molar-refractivity contribution in [2.75, 3.05) is 17.3 Å². The largest absolute Gasteiger partial charge is 0.369 e. The SMILES string of the molecule is CC(C)C1Nc2c(F)cc(F)cc2N(C)C1=O. The molecule has 0 radical (unpaired) electrons. The molecule has 1 aliphatic heterocycles. The Morgan fingerprint density at radius 1 is 1.35 bits per heavy atom. The smallest absolute Gasteiger partial charge is 0.249 e. The van der Waals surface area contributed by atoms with Gasteiger partial charge in [0, 0.05) is 13.1 Å². The Hall–Kier alpha value is -1.65. The van der Waals surface area contributed by atoms with Gasteiger partial charge in [0.2, 0.25) is 5.91 Å². The summed E-state index contributed by atoms with van der Waals surface area (Å²) < 4.78 is 26.7. The van der Waals surface area contributed by atoms with Gasteiger partial charge in [-0.3, -0.25) is 4.79 Å². The van der Waals surface area contributed by atoms with Crippen molar-refractivity contribution >= 4 is 17.3 Å². The second kappa shape index (κ2) is 3.98. The minimum absolute atomic E-state index is 0.0301. The number of carbonyl (C=O) groups excluding carboxylic acids is 1. The van der Waals surface area contributed by atoms with E-state index in [1.54, 1.807) is 0 Å². The molecule has 1 unspecified atom stereocenters. The van der Waals surface area contributed by atoms with Gasteiger partial charge in [-0.25, -0.2) is 8.78 Å². The van der Waals surface area contributed by atoms with Crippen molar-refractivity contribution in [3.8, 4) is 0 Å². The Morgan fingerprint density at radius 3 is 2.59 bits per heavy atom. The first kappa shape index (κ1) is 11.8. The number of carbonyl (C=O) groups is 1. The summed E-state index contributed by atoms with van der Waals surface area (Å²) in [6, 6.07) is 1.49. The summed E-state index contributed by atoms with van der Waals surface area (Å²) in [5, 5.41) is 2.84. The van der Waals surface area contributed by atoms with E-state index in [2.05, 4.69) is 5.32 Å². The molecule has 1 atom stereocenters. The maximum atomic E-state index is 13.6. The van der Waals surface area contributed by atoms with Crippen LogP contribution in [0.15, 0.2) is 12.1 Å². The number of hydrogen-bond donors (Lipinski definition) is 1. The third-order valence-electron chi connectivity index (χ3n) is 2.96. The van der Waals surface area contributed by atoms with Crippen LogP contribution in [0.3, 0.4) is 0 Å². The zero-order valence-electron chi connectivity index (χ0n) is 9.92. The minimum atomic E-state index is -0.689. The molecule has 0 aromatic heterocycles. The van der Waals surface area contributed by atoms with Crippen LogP contribution in [0, 0.1) is 17.6 Å². The molecule has 2 rings (SSSR count). The van der Waals surface area contributed by atoms with Crippen LogP contribution in [0.25, 0.3) is 0 Å². The zero-order valence-corrected chi connectivity index (χ0v) is 9.92. The van der Waals surface area contributed by atoms with Gasteiger partial charge in [-0.15, -0.1) is 0 Å². The molecule has 1 heterocycles. The van der Waals surface area contributed by atoms with Crippen LogP contribution >= 0.6 is 0 Å². The quantitative estimate of drug-likeness (QED) is 0.817. The molecule has 3 nitrogen and oxygen atoms in total. The first-order valence-electron chi connectivity index (χ1n) is 5.45. The highest BCUT2D eigenvalue weighted by molar-refractivity contribution is 6.04. The van der Waals surface area contributed by atoms with Gasteiger partial charge in [0.25, 0.3) is 0 Å². The summed E-state index contributed by atoms with van der Waals surface area (Å²) in [6.45, 7) is 3.74. The number of nitrogens with one attached hydrogen (secondary N) is 1. The first-order chi connectivity index (χ1) is 7.91. The molecule has 5 heteroatoms. The van der Waals surface area contributed by atoms with Crippen LogP contribution in [0.2, 0.25) is 0 Å². The lowest BCUT2D eigenvalue weighted by atomic mass is 9.99. The first-order valence-corrected chi connectivity index (χ1v) is 5.45. The predicted molar refractivity (Wildman–Crippen MR) is 62.0 cm³/mol. The average molecular weight is 240 g/mol. The van der Waals surface area contributed by atoms with E-state index in [1.165, 1.54) is 11.9 Å². The maximum absolute atomic E-state index is 13.6. The maximum Gasteiger partial charge on any atom is 0.249 e. The summed E-state index contributed by atoms with van der Waals surface area (Å²) >= 11 is 0. The molecule has 1 aromatic carbocycles. The van der Waals surface area contributed by atoms with Gasteiger partial charge in [0.1, 0.15) is 11.9 Å². The fourth-order valence-electron chi connectivity index (χ4n) is 1.96. The summed E-state index contributed by atoms with van der Waals surface area (Å²) in [6.07, 6.45) is 0. The Balaban J connectivity index is 2.53. The number of amides is 1. The predicted octanol–water partition coefficient (Wildman–Crippen LogP) is 2.38. The molecule has 0 saturated carbocycles. The van der Waals surface area contributed by atoms with E-state index in [0.29, 0.717) is 0 Å². The molecule has 0 spiro atoms.